The minimum Gasteiger partial charge on any atom is -0.310 e. The van der Waals surface area contributed by atoms with Crippen LogP contribution >= 0.6 is 11.3 Å². The van der Waals surface area contributed by atoms with Crippen LogP contribution in [0.5, 0.6) is 0 Å². The number of benzene rings is 9. The van der Waals surface area contributed by atoms with Crippen LogP contribution in [-0.4, -0.2) is 4.57 Å². The van der Waals surface area contributed by atoms with E-state index in [1.807, 2.05) is 11.3 Å². The van der Waals surface area contributed by atoms with Crippen molar-refractivity contribution in [2.45, 2.75) is 0 Å². The first-order valence-corrected chi connectivity index (χ1v) is 20.2. The first kappa shape index (κ1) is 33.2. The number of fused-ring (bicyclic) bond motifs is 6. The van der Waals surface area contributed by atoms with Crippen molar-refractivity contribution in [2.24, 2.45) is 0 Å². The lowest BCUT2D eigenvalue weighted by Gasteiger charge is -2.27. The lowest BCUT2D eigenvalue weighted by Crippen LogP contribution is -2.10. The van der Waals surface area contributed by atoms with Gasteiger partial charge in [0.25, 0.3) is 0 Å². The standard InChI is InChI=1S/C54H36N2S/c1-2-14-37(15-3-1)38-28-32-42(33-29-38)55(51-25-13-27-53-54(51)47-21-7-11-26-52(47)57-53)43-34-30-39(31-35-43)40-16-12-17-41(36-40)44-18-4-8-22-48(44)56-49-23-9-5-19-45(49)46-20-6-10-24-50(46)56/h1-36H. The summed E-state index contributed by atoms with van der Waals surface area (Å²) in [5.74, 6) is 0. The Morgan fingerprint density at radius 2 is 0.860 bits per heavy atom. The van der Waals surface area contributed by atoms with E-state index in [-0.39, 0.29) is 0 Å². The van der Waals surface area contributed by atoms with E-state index in [0.717, 1.165) is 11.4 Å². The van der Waals surface area contributed by atoms with Crippen LogP contribution in [0.15, 0.2) is 218 Å². The molecule has 3 heteroatoms. The molecule has 2 nitrogen and oxygen atoms in total. The van der Waals surface area contributed by atoms with Gasteiger partial charge in [-0.05, 0) is 94.5 Å². The van der Waals surface area contributed by atoms with Gasteiger partial charge in [-0.2, -0.15) is 0 Å². The molecule has 268 valence electrons. The van der Waals surface area contributed by atoms with E-state index >= 15 is 0 Å². The molecule has 0 spiro atoms. The number of hydrogen-bond donors (Lipinski definition) is 0. The highest BCUT2D eigenvalue weighted by molar-refractivity contribution is 7.26. The molecule has 0 amide bonds. The van der Waals surface area contributed by atoms with Crippen LogP contribution in [0.3, 0.4) is 0 Å². The van der Waals surface area contributed by atoms with Crippen molar-refractivity contribution >= 4 is 70.4 Å². The van der Waals surface area contributed by atoms with Crippen molar-refractivity contribution < 1.29 is 0 Å². The maximum Gasteiger partial charge on any atom is 0.0554 e. The monoisotopic (exact) mass is 744 g/mol. The van der Waals surface area contributed by atoms with Crippen LogP contribution in [0.25, 0.3) is 81.0 Å². The molecule has 0 aliphatic rings. The summed E-state index contributed by atoms with van der Waals surface area (Å²) in [6.07, 6.45) is 0. The second kappa shape index (κ2) is 13.8. The van der Waals surface area contributed by atoms with Crippen LogP contribution in [0, 0.1) is 0 Å². The van der Waals surface area contributed by atoms with Gasteiger partial charge < -0.3 is 9.47 Å². The third kappa shape index (κ3) is 5.71. The molecule has 2 heterocycles. The lowest BCUT2D eigenvalue weighted by molar-refractivity contribution is 1.18. The molecule has 0 fully saturated rings. The number of nitrogens with zero attached hydrogens (tertiary/aromatic N) is 2. The number of rotatable bonds is 7. The molecule has 0 bridgehead atoms. The second-order valence-corrected chi connectivity index (χ2v) is 15.6. The molecular weight excluding hydrogens is 709 g/mol. The molecule has 0 aliphatic heterocycles. The Morgan fingerprint density at radius 1 is 0.351 bits per heavy atom. The minimum atomic E-state index is 1.11. The van der Waals surface area contributed by atoms with Crippen molar-refractivity contribution in [1.29, 1.82) is 0 Å². The molecule has 9 aromatic carbocycles. The highest BCUT2D eigenvalue weighted by Gasteiger charge is 2.19. The fourth-order valence-corrected chi connectivity index (χ4v) is 9.69. The molecule has 0 N–H and O–H groups in total. The van der Waals surface area contributed by atoms with Crippen molar-refractivity contribution in [3.63, 3.8) is 0 Å². The molecule has 0 radical (unpaired) electrons. The summed E-state index contributed by atoms with van der Waals surface area (Å²) in [6, 6.07) is 79.3. The van der Waals surface area contributed by atoms with Crippen LogP contribution in [-0.2, 0) is 0 Å². The number of para-hydroxylation sites is 3. The highest BCUT2D eigenvalue weighted by atomic mass is 32.1. The Balaban J connectivity index is 1.01. The molecule has 0 unspecified atom stereocenters. The summed E-state index contributed by atoms with van der Waals surface area (Å²) >= 11 is 1.86. The van der Waals surface area contributed by atoms with Crippen LogP contribution < -0.4 is 4.90 Å². The van der Waals surface area contributed by atoms with E-state index < -0.39 is 0 Å². The predicted molar refractivity (Wildman–Crippen MR) is 245 cm³/mol. The fraction of sp³-hybridized carbons (Fsp3) is 0. The van der Waals surface area contributed by atoms with Gasteiger partial charge in [-0.25, -0.2) is 0 Å². The Bertz CT molecular complexity index is 3170. The van der Waals surface area contributed by atoms with Gasteiger partial charge in [0.05, 0.1) is 22.4 Å². The molecule has 0 atom stereocenters. The van der Waals surface area contributed by atoms with E-state index in [1.165, 1.54) is 86.7 Å². The van der Waals surface area contributed by atoms with Gasteiger partial charge in [0.2, 0.25) is 0 Å². The predicted octanol–water partition coefficient (Wildman–Crippen LogP) is 15.6. The molecule has 0 saturated carbocycles. The van der Waals surface area contributed by atoms with Crippen LogP contribution in [0.1, 0.15) is 0 Å². The van der Waals surface area contributed by atoms with Gasteiger partial charge in [-0.15, -0.1) is 11.3 Å². The molecule has 2 aromatic heterocycles. The first-order chi connectivity index (χ1) is 28.3. The van der Waals surface area contributed by atoms with Gasteiger partial charge in [0.15, 0.2) is 0 Å². The van der Waals surface area contributed by atoms with E-state index in [0.29, 0.717) is 0 Å². The highest BCUT2D eigenvalue weighted by Crippen LogP contribution is 2.45. The topological polar surface area (TPSA) is 8.17 Å². The van der Waals surface area contributed by atoms with E-state index in [2.05, 4.69) is 228 Å². The Labute approximate surface area is 335 Å². The van der Waals surface area contributed by atoms with Gasteiger partial charge >= 0.3 is 0 Å². The smallest absolute Gasteiger partial charge is 0.0554 e. The summed E-state index contributed by atoms with van der Waals surface area (Å²) in [6.45, 7) is 0. The number of thiophene rings is 1. The average Bonchev–Trinajstić information content (AvgIpc) is 3.84. The van der Waals surface area contributed by atoms with Crippen LogP contribution in [0.4, 0.5) is 17.1 Å². The molecule has 11 aromatic rings. The van der Waals surface area contributed by atoms with Crippen molar-refractivity contribution in [3.8, 4) is 39.1 Å². The van der Waals surface area contributed by atoms with Gasteiger partial charge in [0.1, 0.15) is 0 Å². The first-order valence-electron chi connectivity index (χ1n) is 19.4. The zero-order chi connectivity index (χ0) is 37.7. The Kier molecular flexibility index (Phi) is 8.04. The average molecular weight is 745 g/mol. The van der Waals surface area contributed by atoms with Crippen molar-refractivity contribution in [3.05, 3.63) is 218 Å². The Hall–Kier alpha value is -7.20. The summed E-state index contributed by atoms with van der Waals surface area (Å²) < 4.78 is 5.00. The van der Waals surface area contributed by atoms with E-state index in [9.17, 15) is 0 Å². The second-order valence-electron chi connectivity index (χ2n) is 14.5. The lowest BCUT2D eigenvalue weighted by atomic mass is 9.97. The largest absolute Gasteiger partial charge is 0.310 e. The Morgan fingerprint density at radius 3 is 1.58 bits per heavy atom. The zero-order valence-corrected chi connectivity index (χ0v) is 31.9. The van der Waals surface area contributed by atoms with E-state index in [1.54, 1.807) is 0 Å². The molecule has 0 aliphatic carbocycles. The maximum atomic E-state index is 2.42. The van der Waals surface area contributed by atoms with E-state index in [4.69, 9.17) is 0 Å². The summed E-state index contributed by atoms with van der Waals surface area (Å²) in [7, 11) is 0. The van der Waals surface area contributed by atoms with Gasteiger partial charge in [0, 0.05) is 47.9 Å². The minimum absolute atomic E-state index is 1.11. The van der Waals surface area contributed by atoms with Crippen molar-refractivity contribution in [1.82, 2.24) is 4.57 Å². The van der Waals surface area contributed by atoms with Gasteiger partial charge in [-0.3, -0.25) is 0 Å². The van der Waals surface area contributed by atoms with Gasteiger partial charge in [-0.1, -0.05) is 152 Å². The maximum absolute atomic E-state index is 2.42. The molecular formula is C54H36N2S. The third-order valence-electron chi connectivity index (χ3n) is 11.2. The molecule has 11 rings (SSSR count). The molecule has 0 saturated heterocycles. The quantitative estimate of drug-likeness (QED) is 0.158. The van der Waals surface area contributed by atoms with Crippen molar-refractivity contribution in [2.75, 3.05) is 4.90 Å². The zero-order valence-electron chi connectivity index (χ0n) is 31.1. The normalized spacial score (nSPS) is 11.5. The summed E-state index contributed by atoms with van der Waals surface area (Å²) in [5, 5.41) is 5.10. The number of aromatic nitrogens is 1. The SMILES string of the molecule is c1ccc(-c2ccc(N(c3ccc(-c4cccc(-c5ccccc5-n5c6ccccc6c6ccccc65)c4)cc3)c3cccc4sc5ccccc5c34)cc2)cc1. The molecule has 57 heavy (non-hydrogen) atoms. The third-order valence-corrected chi connectivity index (χ3v) is 12.3. The summed E-state index contributed by atoms with van der Waals surface area (Å²) in [5.41, 5.74) is 14.2. The van der Waals surface area contributed by atoms with Crippen LogP contribution in [0.2, 0.25) is 0 Å². The fourth-order valence-electron chi connectivity index (χ4n) is 8.57. The number of hydrogen-bond acceptors (Lipinski definition) is 2. The number of anilines is 3. The summed E-state index contributed by atoms with van der Waals surface area (Å²) in [4.78, 5) is 2.42.